The van der Waals surface area contributed by atoms with Gasteiger partial charge in [0, 0.05) is 28.4 Å². The Morgan fingerprint density at radius 2 is 1.69 bits per heavy atom. The van der Waals surface area contributed by atoms with Crippen molar-refractivity contribution in [3.8, 4) is 0 Å². The minimum Gasteiger partial charge on any atom is -0.435 e. The summed E-state index contributed by atoms with van der Waals surface area (Å²) in [7, 11) is 0. The lowest BCUT2D eigenvalue weighted by atomic mass is 10.1. The molecule has 4 heterocycles. The van der Waals surface area contributed by atoms with Crippen LogP contribution in [0.15, 0.2) is 77.3 Å². The van der Waals surface area contributed by atoms with Crippen LogP contribution < -0.4 is 9.80 Å². The lowest BCUT2D eigenvalue weighted by molar-refractivity contribution is 0.636. The van der Waals surface area contributed by atoms with Crippen molar-refractivity contribution < 1.29 is 4.42 Å². The number of furan rings is 1. The third-order valence-corrected chi connectivity index (χ3v) is 6.31. The van der Waals surface area contributed by atoms with Gasteiger partial charge in [-0.15, -0.1) is 0 Å². The Morgan fingerprint density at radius 1 is 0.875 bits per heavy atom. The molecule has 0 spiro atoms. The van der Waals surface area contributed by atoms with Gasteiger partial charge in [-0.2, -0.15) is 0 Å². The van der Waals surface area contributed by atoms with Crippen LogP contribution in [0.2, 0.25) is 0 Å². The van der Waals surface area contributed by atoms with E-state index in [1.807, 2.05) is 31.3 Å². The van der Waals surface area contributed by atoms with Crippen LogP contribution in [0.25, 0.3) is 22.1 Å². The van der Waals surface area contributed by atoms with Crippen LogP contribution in [0.5, 0.6) is 0 Å². The van der Waals surface area contributed by atoms with Crippen molar-refractivity contribution in [2.45, 2.75) is 33.4 Å². The van der Waals surface area contributed by atoms with Gasteiger partial charge in [0.1, 0.15) is 6.17 Å². The number of fused-ring (bicyclic) bond motifs is 4. The summed E-state index contributed by atoms with van der Waals surface area (Å²) in [6, 6.07) is 23.1. The highest BCUT2D eigenvalue weighted by Gasteiger charge is 2.39. The van der Waals surface area contributed by atoms with Crippen LogP contribution in [-0.4, -0.2) is 16.1 Å². The molecule has 2 aromatic carbocycles. The van der Waals surface area contributed by atoms with E-state index in [0.717, 1.165) is 56.9 Å². The van der Waals surface area contributed by atoms with Gasteiger partial charge >= 0.3 is 0 Å². The molecule has 5 nitrogen and oxygen atoms in total. The Hall–Kier alpha value is -3.86. The Balaban J connectivity index is 1.64. The molecule has 5 aromatic rings. The molecular weight excluding hydrogens is 396 g/mol. The molecule has 0 bridgehead atoms. The molecule has 1 atom stereocenters. The molecule has 0 radical (unpaired) electrons. The number of aromatic nitrogens is 2. The first-order chi connectivity index (χ1) is 15.7. The largest absolute Gasteiger partial charge is 0.435 e. The summed E-state index contributed by atoms with van der Waals surface area (Å²) in [4.78, 5) is 14.2. The number of hydrogen-bond acceptors (Lipinski definition) is 5. The Bertz CT molecular complexity index is 1460. The summed E-state index contributed by atoms with van der Waals surface area (Å²) >= 11 is 0. The number of para-hydroxylation sites is 1. The first-order valence-electron chi connectivity index (χ1n) is 11.1. The molecule has 0 fully saturated rings. The monoisotopic (exact) mass is 420 g/mol. The van der Waals surface area contributed by atoms with Gasteiger partial charge in [0.15, 0.2) is 11.4 Å². The zero-order chi connectivity index (χ0) is 21.8. The predicted molar refractivity (Wildman–Crippen MR) is 130 cm³/mol. The molecule has 1 unspecified atom stereocenters. The van der Waals surface area contributed by atoms with Crippen LogP contribution in [0.4, 0.5) is 22.9 Å². The van der Waals surface area contributed by atoms with Gasteiger partial charge in [0.2, 0.25) is 5.71 Å². The highest BCUT2D eigenvalue weighted by Crippen LogP contribution is 2.50. The smallest absolute Gasteiger partial charge is 0.227 e. The molecule has 158 valence electrons. The van der Waals surface area contributed by atoms with Crippen molar-refractivity contribution >= 4 is 44.9 Å². The lowest BCUT2D eigenvalue weighted by Crippen LogP contribution is -2.38. The maximum Gasteiger partial charge on any atom is 0.227 e. The number of benzene rings is 2. The average molecular weight is 421 g/mol. The molecular formula is C27H24N4O. The summed E-state index contributed by atoms with van der Waals surface area (Å²) < 4.78 is 6.41. The normalized spacial score (nSPS) is 15.7. The number of aryl methyl sites for hydroxylation is 2. The fourth-order valence-corrected chi connectivity index (χ4v) is 4.89. The van der Waals surface area contributed by atoms with Crippen molar-refractivity contribution in [1.29, 1.82) is 0 Å². The molecule has 0 amide bonds. The molecule has 1 aliphatic heterocycles. The van der Waals surface area contributed by atoms with Crippen LogP contribution in [0.1, 0.15) is 24.6 Å². The van der Waals surface area contributed by atoms with Gasteiger partial charge in [0.05, 0.1) is 11.4 Å². The maximum atomic E-state index is 6.41. The van der Waals surface area contributed by atoms with Gasteiger partial charge in [-0.05, 0) is 62.2 Å². The Kier molecular flexibility index (Phi) is 4.18. The topological polar surface area (TPSA) is 45.4 Å². The second kappa shape index (κ2) is 7.09. The van der Waals surface area contributed by atoms with Crippen molar-refractivity contribution in [2.24, 2.45) is 0 Å². The maximum absolute atomic E-state index is 6.41. The molecule has 5 heteroatoms. The molecule has 3 aromatic heterocycles. The summed E-state index contributed by atoms with van der Waals surface area (Å²) in [6.07, 6.45) is 2.86. The van der Waals surface area contributed by atoms with E-state index in [2.05, 4.69) is 77.2 Å². The quantitative estimate of drug-likeness (QED) is 0.314. The zero-order valence-electron chi connectivity index (χ0n) is 18.4. The van der Waals surface area contributed by atoms with Gasteiger partial charge in [-0.1, -0.05) is 37.3 Å². The van der Waals surface area contributed by atoms with Crippen molar-refractivity contribution in [2.75, 3.05) is 9.80 Å². The average Bonchev–Trinajstić information content (AvgIpc) is 3.34. The van der Waals surface area contributed by atoms with Crippen molar-refractivity contribution in [3.63, 3.8) is 0 Å². The summed E-state index contributed by atoms with van der Waals surface area (Å²) in [6.45, 7) is 6.36. The van der Waals surface area contributed by atoms with E-state index < -0.39 is 0 Å². The molecule has 0 saturated heterocycles. The van der Waals surface area contributed by atoms with E-state index in [1.54, 1.807) is 0 Å². The van der Waals surface area contributed by atoms with E-state index in [0.29, 0.717) is 5.71 Å². The fourth-order valence-electron chi connectivity index (χ4n) is 4.89. The number of pyridine rings is 2. The fraction of sp³-hybridized carbons (Fsp3) is 0.185. The van der Waals surface area contributed by atoms with Crippen molar-refractivity contribution in [1.82, 2.24) is 9.97 Å². The number of hydrogen-bond donors (Lipinski definition) is 0. The van der Waals surface area contributed by atoms with Crippen LogP contribution in [0, 0.1) is 13.8 Å². The first-order valence-corrected chi connectivity index (χ1v) is 11.1. The highest BCUT2D eigenvalue weighted by molar-refractivity contribution is 6.10. The summed E-state index contributed by atoms with van der Waals surface area (Å²) in [5.74, 6) is 0.965. The van der Waals surface area contributed by atoms with Crippen molar-refractivity contribution in [3.05, 3.63) is 84.2 Å². The van der Waals surface area contributed by atoms with E-state index in [1.165, 1.54) is 0 Å². The van der Waals surface area contributed by atoms with E-state index >= 15 is 0 Å². The first kappa shape index (κ1) is 18.9. The van der Waals surface area contributed by atoms with Crippen LogP contribution in [0.3, 0.4) is 0 Å². The third-order valence-electron chi connectivity index (χ3n) is 6.31. The Labute approximate surface area is 186 Å². The SMILES string of the molecule is CCC1N(c2ccccc2)c2ncccc2N1c1c(C)ccc2c1oc1nc(C)ccc12. The number of rotatable bonds is 3. The van der Waals surface area contributed by atoms with Gasteiger partial charge in [0.25, 0.3) is 0 Å². The molecule has 0 saturated carbocycles. The minimum absolute atomic E-state index is 0.0782. The van der Waals surface area contributed by atoms with E-state index in [-0.39, 0.29) is 6.17 Å². The van der Waals surface area contributed by atoms with Gasteiger partial charge in [-0.25, -0.2) is 9.97 Å². The second-order valence-corrected chi connectivity index (χ2v) is 8.33. The van der Waals surface area contributed by atoms with Gasteiger partial charge in [-0.3, -0.25) is 0 Å². The summed E-state index contributed by atoms with van der Waals surface area (Å²) in [5.41, 5.74) is 6.98. The number of anilines is 4. The van der Waals surface area contributed by atoms with E-state index in [4.69, 9.17) is 9.40 Å². The molecule has 32 heavy (non-hydrogen) atoms. The molecule has 1 aliphatic rings. The molecule has 6 rings (SSSR count). The zero-order valence-corrected chi connectivity index (χ0v) is 18.4. The number of nitrogens with zero attached hydrogens (tertiary/aromatic N) is 4. The third kappa shape index (κ3) is 2.64. The van der Waals surface area contributed by atoms with Gasteiger partial charge < -0.3 is 14.2 Å². The van der Waals surface area contributed by atoms with Crippen LogP contribution in [-0.2, 0) is 0 Å². The molecule has 0 N–H and O–H groups in total. The van der Waals surface area contributed by atoms with Crippen LogP contribution >= 0.6 is 0 Å². The Morgan fingerprint density at radius 3 is 2.50 bits per heavy atom. The lowest BCUT2D eigenvalue weighted by Gasteiger charge is -2.32. The molecule has 0 aliphatic carbocycles. The standard InChI is InChI=1S/C27H24N4O/c1-4-23-30(19-9-6-5-7-10-19)26-22(11-8-16-28-26)31(23)24-17(2)12-14-20-21-15-13-18(3)29-27(21)32-25(20)24/h5-16,23H,4H2,1-3H3. The predicted octanol–water partition coefficient (Wildman–Crippen LogP) is 7.02. The summed E-state index contributed by atoms with van der Waals surface area (Å²) in [5, 5.41) is 2.14. The highest BCUT2D eigenvalue weighted by atomic mass is 16.3. The van der Waals surface area contributed by atoms with E-state index in [9.17, 15) is 0 Å². The second-order valence-electron chi connectivity index (χ2n) is 8.33. The minimum atomic E-state index is 0.0782.